The molecule has 0 aromatic rings. The van der Waals surface area contributed by atoms with Crippen LogP contribution in [0.4, 0.5) is 0 Å². The Morgan fingerprint density at radius 3 is 2.50 bits per heavy atom. The number of hydrogen-bond donors (Lipinski definition) is 0. The van der Waals surface area contributed by atoms with Gasteiger partial charge in [0.25, 0.3) is 0 Å². The molecule has 24 heavy (non-hydrogen) atoms. The summed E-state index contributed by atoms with van der Waals surface area (Å²) in [6.45, 7) is 7.02. The third-order valence-electron chi connectivity index (χ3n) is 6.03. The number of nitriles is 1. The van der Waals surface area contributed by atoms with Crippen LogP contribution < -0.4 is 0 Å². The molecular weight excluding hydrogens is 302 g/mol. The minimum Gasteiger partial charge on any atom is -0.211 e. The molecule has 5 heteroatoms. The number of aliphatic imine (C=N–C) groups is 2. The first-order valence-electron chi connectivity index (χ1n) is 8.83. The fraction of sp³-hybridized carbons (Fsp3) is 0.842. The normalized spacial score (nSPS) is 38.2. The predicted octanol–water partition coefficient (Wildman–Crippen LogP) is 3.94. The van der Waals surface area contributed by atoms with E-state index >= 15 is 0 Å². The standard InChI is InChI=1S/C19H27N3O2/c1-17(2)8-15(9-18(3,10-17)12-21-13-23)19(11-20)7-5-4-6-16(19)22-14-24/h15-16H,4-10,12H2,1-3H3. The van der Waals surface area contributed by atoms with E-state index in [0.717, 1.165) is 44.9 Å². The molecule has 0 aliphatic heterocycles. The van der Waals surface area contributed by atoms with Crippen molar-refractivity contribution in [1.82, 2.24) is 0 Å². The van der Waals surface area contributed by atoms with Crippen molar-refractivity contribution in [3.63, 3.8) is 0 Å². The van der Waals surface area contributed by atoms with Gasteiger partial charge in [0.05, 0.1) is 24.1 Å². The van der Waals surface area contributed by atoms with Crippen LogP contribution in [0.3, 0.4) is 0 Å². The van der Waals surface area contributed by atoms with E-state index in [1.165, 1.54) is 0 Å². The van der Waals surface area contributed by atoms with Gasteiger partial charge in [0.1, 0.15) is 0 Å². The molecular formula is C19H27N3O2. The van der Waals surface area contributed by atoms with Gasteiger partial charge in [-0.05, 0) is 48.9 Å². The van der Waals surface area contributed by atoms with Gasteiger partial charge in [-0.3, -0.25) is 0 Å². The summed E-state index contributed by atoms with van der Waals surface area (Å²) < 4.78 is 0. The molecule has 0 heterocycles. The number of carbonyl (C=O) groups excluding carboxylic acids is 2. The molecule has 0 aromatic heterocycles. The van der Waals surface area contributed by atoms with Gasteiger partial charge in [0.2, 0.25) is 12.2 Å². The van der Waals surface area contributed by atoms with Crippen molar-refractivity contribution >= 4 is 12.2 Å². The molecule has 2 aliphatic carbocycles. The van der Waals surface area contributed by atoms with Crippen molar-refractivity contribution in [2.45, 2.75) is 71.8 Å². The molecule has 4 atom stereocenters. The van der Waals surface area contributed by atoms with Gasteiger partial charge < -0.3 is 0 Å². The second kappa shape index (κ2) is 7.01. The van der Waals surface area contributed by atoms with Crippen LogP contribution in [-0.2, 0) is 9.59 Å². The van der Waals surface area contributed by atoms with E-state index in [-0.39, 0.29) is 22.8 Å². The van der Waals surface area contributed by atoms with Crippen molar-refractivity contribution in [3.8, 4) is 6.07 Å². The highest BCUT2D eigenvalue weighted by Gasteiger charge is 2.53. The minimum atomic E-state index is -0.598. The summed E-state index contributed by atoms with van der Waals surface area (Å²) in [5.41, 5.74) is -0.660. The third kappa shape index (κ3) is 3.66. The summed E-state index contributed by atoms with van der Waals surface area (Å²) in [6.07, 6.45) is 9.65. The molecule has 0 aromatic carbocycles. The molecule has 4 unspecified atom stereocenters. The number of nitrogens with zero attached hydrogens (tertiary/aromatic N) is 3. The van der Waals surface area contributed by atoms with Crippen LogP contribution in [0, 0.1) is 33.5 Å². The monoisotopic (exact) mass is 329 g/mol. The van der Waals surface area contributed by atoms with Gasteiger partial charge in [0, 0.05) is 0 Å². The molecule has 0 N–H and O–H groups in total. The van der Waals surface area contributed by atoms with Crippen molar-refractivity contribution in [1.29, 1.82) is 5.26 Å². The maximum absolute atomic E-state index is 10.9. The maximum Gasteiger partial charge on any atom is 0.235 e. The van der Waals surface area contributed by atoms with E-state index in [1.807, 2.05) is 0 Å². The van der Waals surface area contributed by atoms with Crippen molar-refractivity contribution < 1.29 is 9.59 Å². The second-order valence-electron chi connectivity index (χ2n) is 8.80. The highest BCUT2D eigenvalue weighted by molar-refractivity contribution is 5.35. The van der Waals surface area contributed by atoms with Gasteiger partial charge in [0.15, 0.2) is 0 Å². The summed E-state index contributed by atoms with van der Waals surface area (Å²) in [7, 11) is 0. The summed E-state index contributed by atoms with van der Waals surface area (Å²) in [5.74, 6) is 0.153. The first-order valence-corrected chi connectivity index (χ1v) is 8.83. The minimum absolute atomic E-state index is 0.0623. The van der Waals surface area contributed by atoms with Crippen LogP contribution >= 0.6 is 0 Å². The lowest BCUT2D eigenvalue weighted by Gasteiger charge is -2.52. The zero-order chi connectivity index (χ0) is 17.8. The maximum atomic E-state index is 10.9. The number of hydrogen-bond acceptors (Lipinski definition) is 5. The van der Waals surface area contributed by atoms with E-state index in [0.29, 0.717) is 6.54 Å². The van der Waals surface area contributed by atoms with Crippen LogP contribution in [0.2, 0.25) is 0 Å². The van der Waals surface area contributed by atoms with Crippen molar-refractivity contribution in [2.24, 2.45) is 32.1 Å². The summed E-state index contributed by atoms with van der Waals surface area (Å²) >= 11 is 0. The molecule has 130 valence electrons. The Morgan fingerprint density at radius 2 is 1.88 bits per heavy atom. The molecule has 0 radical (unpaired) electrons. The molecule has 2 aliphatic rings. The second-order valence-corrected chi connectivity index (χ2v) is 8.80. The van der Waals surface area contributed by atoms with Crippen molar-refractivity contribution in [2.75, 3.05) is 6.54 Å². The van der Waals surface area contributed by atoms with E-state index in [4.69, 9.17) is 0 Å². The van der Waals surface area contributed by atoms with Gasteiger partial charge in [-0.2, -0.15) is 5.26 Å². The lowest BCUT2D eigenvalue weighted by molar-refractivity contribution is -0.00909. The molecule has 5 nitrogen and oxygen atoms in total. The lowest BCUT2D eigenvalue weighted by atomic mass is 9.51. The van der Waals surface area contributed by atoms with Crippen LogP contribution in [0.1, 0.15) is 65.7 Å². The van der Waals surface area contributed by atoms with Gasteiger partial charge in [-0.1, -0.05) is 33.6 Å². The lowest BCUT2D eigenvalue weighted by Crippen LogP contribution is -2.49. The molecule has 0 bridgehead atoms. The molecule has 2 rings (SSSR count). The molecule has 0 spiro atoms. The van der Waals surface area contributed by atoms with Gasteiger partial charge in [-0.15, -0.1) is 0 Å². The SMILES string of the molecule is CC1(C)CC(C2(C#N)CCCCC2N=C=O)CC(C)(CN=C=O)C1. The number of rotatable bonds is 4. The Kier molecular flexibility index (Phi) is 5.43. The van der Waals surface area contributed by atoms with E-state index < -0.39 is 5.41 Å². The third-order valence-corrected chi connectivity index (χ3v) is 6.03. The summed E-state index contributed by atoms with van der Waals surface area (Å²) in [6, 6.07) is 2.32. The van der Waals surface area contributed by atoms with E-state index in [9.17, 15) is 14.9 Å². The van der Waals surface area contributed by atoms with Gasteiger partial charge >= 0.3 is 0 Å². The smallest absolute Gasteiger partial charge is 0.211 e. The zero-order valence-corrected chi connectivity index (χ0v) is 15.0. The fourth-order valence-corrected chi connectivity index (χ4v) is 5.46. The quantitative estimate of drug-likeness (QED) is 0.578. The van der Waals surface area contributed by atoms with Crippen LogP contribution in [-0.4, -0.2) is 24.7 Å². The van der Waals surface area contributed by atoms with E-state index in [2.05, 4.69) is 36.8 Å². The fourth-order valence-electron chi connectivity index (χ4n) is 5.46. The summed E-state index contributed by atoms with van der Waals surface area (Å²) in [5, 5.41) is 10.1. The Morgan fingerprint density at radius 1 is 1.12 bits per heavy atom. The molecule has 2 fully saturated rings. The van der Waals surface area contributed by atoms with E-state index in [1.54, 1.807) is 12.2 Å². The first kappa shape index (κ1) is 18.6. The Balaban J connectivity index is 2.40. The van der Waals surface area contributed by atoms with Crippen LogP contribution in [0.15, 0.2) is 9.98 Å². The van der Waals surface area contributed by atoms with Crippen LogP contribution in [0.25, 0.3) is 0 Å². The average Bonchev–Trinajstić information content (AvgIpc) is 2.52. The highest BCUT2D eigenvalue weighted by Crippen LogP contribution is 2.57. The highest BCUT2D eigenvalue weighted by atomic mass is 16.1. The topological polar surface area (TPSA) is 82.7 Å². The molecule has 2 saturated carbocycles. The average molecular weight is 329 g/mol. The first-order chi connectivity index (χ1) is 11.3. The van der Waals surface area contributed by atoms with Gasteiger partial charge in [-0.25, -0.2) is 19.6 Å². The summed E-state index contributed by atoms with van der Waals surface area (Å²) in [4.78, 5) is 29.4. The molecule has 0 amide bonds. The Labute approximate surface area is 144 Å². The number of isocyanates is 2. The predicted molar refractivity (Wildman–Crippen MR) is 90.6 cm³/mol. The zero-order valence-electron chi connectivity index (χ0n) is 15.0. The van der Waals surface area contributed by atoms with Crippen LogP contribution in [0.5, 0.6) is 0 Å². The largest absolute Gasteiger partial charge is 0.235 e. The Hall–Kier alpha value is -1.75. The van der Waals surface area contributed by atoms with Crippen molar-refractivity contribution in [3.05, 3.63) is 0 Å². The Bertz CT molecular complexity index is 611. The molecule has 0 saturated heterocycles.